The van der Waals surface area contributed by atoms with Crippen LogP contribution in [0.1, 0.15) is 40.5 Å². The summed E-state index contributed by atoms with van der Waals surface area (Å²) in [5.74, 6) is 0.0705. The molecule has 3 N–H and O–H groups in total. The first kappa shape index (κ1) is 14.4. The lowest BCUT2D eigenvalue weighted by Gasteiger charge is -2.23. The van der Waals surface area contributed by atoms with Crippen molar-refractivity contribution in [1.29, 1.82) is 0 Å². The van der Waals surface area contributed by atoms with Crippen molar-refractivity contribution in [1.82, 2.24) is 5.32 Å². The summed E-state index contributed by atoms with van der Waals surface area (Å²) < 4.78 is 0. The van der Waals surface area contributed by atoms with Crippen LogP contribution in [-0.4, -0.2) is 16.9 Å². The number of hydrogen-bond acceptors (Lipinski definition) is 2. The zero-order valence-electron chi connectivity index (χ0n) is 10.0. The SMILES string of the molecule is CCC(C(=O)NC(CC)C(C)C)C(N)=S. The van der Waals surface area contributed by atoms with E-state index >= 15 is 0 Å². The molecule has 0 spiro atoms. The molecule has 88 valence electrons. The van der Waals surface area contributed by atoms with Crippen molar-refractivity contribution in [3.05, 3.63) is 0 Å². The van der Waals surface area contributed by atoms with E-state index in [2.05, 4.69) is 26.1 Å². The quantitative estimate of drug-likeness (QED) is 0.685. The van der Waals surface area contributed by atoms with Crippen LogP contribution < -0.4 is 11.1 Å². The minimum atomic E-state index is -0.326. The van der Waals surface area contributed by atoms with Crippen LogP contribution in [0.5, 0.6) is 0 Å². The average molecular weight is 230 g/mol. The molecule has 0 rings (SSSR count). The third kappa shape index (κ3) is 4.60. The third-order valence-corrected chi connectivity index (χ3v) is 2.92. The average Bonchev–Trinajstić information content (AvgIpc) is 2.14. The Hall–Kier alpha value is -0.640. The van der Waals surface area contributed by atoms with Crippen molar-refractivity contribution in [3.63, 3.8) is 0 Å². The van der Waals surface area contributed by atoms with Crippen LogP contribution in [0.2, 0.25) is 0 Å². The molecule has 2 atom stereocenters. The maximum absolute atomic E-state index is 11.8. The van der Waals surface area contributed by atoms with Crippen LogP contribution in [0, 0.1) is 11.8 Å². The van der Waals surface area contributed by atoms with Gasteiger partial charge >= 0.3 is 0 Å². The van der Waals surface area contributed by atoms with Crippen molar-refractivity contribution in [3.8, 4) is 0 Å². The first-order valence-electron chi connectivity index (χ1n) is 5.53. The number of carbonyl (C=O) groups excluding carboxylic acids is 1. The molecule has 2 unspecified atom stereocenters. The van der Waals surface area contributed by atoms with Crippen LogP contribution in [0.4, 0.5) is 0 Å². The Labute approximate surface area is 97.8 Å². The molecule has 0 aromatic heterocycles. The van der Waals surface area contributed by atoms with Crippen molar-refractivity contribution in [2.75, 3.05) is 0 Å². The predicted octanol–water partition coefficient (Wildman–Crippen LogP) is 1.85. The van der Waals surface area contributed by atoms with Gasteiger partial charge in [0.25, 0.3) is 0 Å². The van der Waals surface area contributed by atoms with Crippen molar-refractivity contribution in [2.45, 2.75) is 46.6 Å². The van der Waals surface area contributed by atoms with Gasteiger partial charge in [-0.3, -0.25) is 4.79 Å². The van der Waals surface area contributed by atoms with E-state index in [4.69, 9.17) is 18.0 Å². The maximum Gasteiger partial charge on any atom is 0.230 e. The molecule has 0 aromatic carbocycles. The lowest BCUT2D eigenvalue weighted by molar-refractivity contribution is -0.124. The van der Waals surface area contributed by atoms with Crippen molar-refractivity contribution in [2.24, 2.45) is 17.6 Å². The molecule has 1 amide bonds. The number of hydrogen-bond donors (Lipinski definition) is 2. The fourth-order valence-electron chi connectivity index (χ4n) is 1.54. The topological polar surface area (TPSA) is 55.1 Å². The highest BCUT2D eigenvalue weighted by atomic mass is 32.1. The molecule has 15 heavy (non-hydrogen) atoms. The van der Waals surface area contributed by atoms with Gasteiger partial charge in [0.05, 0.1) is 10.9 Å². The molecule has 0 aliphatic rings. The van der Waals surface area contributed by atoms with Gasteiger partial charge in [-0.2, -0.15) is 0 Å². The molecule has 0 heterocycles. The highest BCUT2D eigenvalue weighted by molar-refractivity contribution is 7.80. The van der Waals surface area contributed by atoms with E-state index < -0.39 is 0 Å². The summed E-state index contributed by atoms with van der Waals surface area (Å²) in [6.07, 6.45) is 1.59. The Bertz CT molecular complexity index is 229. The largest absolute Gasteiger partial charge is 0.393 e. The van der Waals surface area contributed by atoms with E-state index in [-0.39, 0.29) is 22.9 Å². The first-order valence-corrected chi connectivity index (χ1v) is 5.94. The molecular weight excluding hydrogens is 208 g/mol. The van der Waals surface area contributed by atoms with Crippen LogP contribution in [0.15, 0.2) is 0 Å². The van der Waals surface area contributed by atoms with Crippen molar-refractivity contribution >= 4 is 23.1 Å². The van der Waals surface area contributed by atoms with E-state index in [0.717, 1.165) is 6.42 Å². The molecule has 0 aliphatic carbocycles. The summed E-state index contributed by atoms with van der Waals surface area (Å²) in [5.41, 5.74) is 5.51. The highest BCUT2D eigenvalue weighted by Gasteiger charge is 2.22. The normalized spacial score (nSPS) is 14.7. The zero-order valence-corrected chi connectivity index (χ0v) is 10.9. The van der Waals surface area contributed by atoms with Crippen LogP contribution >= 0.6 is 12.2 Å². The lowest BCUT2D eigenvalue weighted by atomic mass is 9.99. The summed E-state index contributed by atoms with van der Waals surface area (Å²) in [5, 5.41) is 2.99. The lowest BCUT2D eigenvalue weighted by Crippen LogP contribution is -2.44. The van der Waals surface area contributed by atoms with Gasteiger partial charge in [0.15, 0.2) is 0 Å². The van der Waals surface area contributed by atoms with E-state index in [9.17, 15) is 4.79 Å². The molecule has 0 saturated heterocycles. The minimum absolute atomic E-state index is 0.0365. The second kappa shape index (κ2) is 6.77. The van der Waals surface area contributed by atoms with Gasteiger partial charge in [-0.05, 0) is 18.8 Å². The van der Waals surface area contributed by atoms with Gasteiger partial charge < -0.3 is 11.1 Å². The Morgan fingerprint density at radius 3 is 2.13 bits per heavy atom. The van der Waals surface area contributed by atoms with Gasteiger partial charge in [0.1, 0.15) is 0 Å². The number of carbonyl (C=O) groups is 1. The fourth-order valence-corrected chi connectivity index (χ4v) is 1.81. The summed E-state index contributed by atoms with van der Waals surface area (Å²) in [6, 6.07) is 0.209. The van der Waals surface area contributed by atoms with Gasteiger partial charge in [-0.1, -0.05) is 39.9 Å². The Morgan fingerprint density at radius 2 is 1.87 bits per heavy atom. The summed E-state index contributed by atoms with van der Waals surface area (Å²) >= 11 is 4.86. The van der Waals surface area contributed by atoms with E-state index in [0.29, 0.717) is 12.3 Å². The van der Waals surface area contributed by atoms with Gasteiger partial charge in [0, 0.05) is 6.04 Å². The molecule has 0 aliphatic heterocycles. The smallest absolute Gasteiger partial charge is 0.230 e. The van der Waals surface area contributed by atoms with E-state index in [1.807, 2.05) is 6.92 Å². The second-order valence-corrected chi connectivity index (χ2v) is 4.60. The van der Waals surface area contributed by atoms with Gasteiger partial charge in [-0.25, -0.2) is 0 Å². The summed E-state index contributed by atoms with van der Waals surface area (Å²) in [4.78, 5) is 12.1. The summed E-state index contributed by atoms with van der Waals surface area (Å²) in [7, 11) is 0. The van der Waals surface area contributed by atoms with Crippen molar-refractivity contribution < 1.29 is 4.79 Å². The monoisotopic (exact) mass is 230 g/mol. The Balaban J connectivity index is 4.38. The molecular formula is C11H22N2OS. The Morgan fingerprint density at radius 1 is 1.33 bits per heavy atom. The first-order chi connectivity index (χ1) is 6.93. The molecule has 0 radical (unpaired) electrons. The van der Waals surface area contributed by atoms with E-state index in [1.165, 1.54) is 0 Å². The second-order valence-electron chi connectivity index (χ2n) is 4.13. The highest BCUT2D eigenvalue weighted by Crippen LogP contribution is 2.09. The predicted molar refractivity (Wildman–Crippen MR) is 67.6 cm³/mol. The molecule has 0 bridgehead atoms. The number of amides is 1. The number of nitrogens with two attached hydrogens (primary N) is 1. The fraction of sp³-hybridized carbons (Fsp3) is 0.818. The Kier molecular flexibility index (Phi) is 6.48. The number of rotatable bonds is 6. The standard InChI is InChI=1S/C11H22N2OS/c1-5-8(10(12)15)11(14)13-9(6-2)7(3)4/h7-9H,5-6H2,1-4H3,(H2,12,15)(H,13,14). The zero-order chi connectivity index (χ0) is 12.0. The number of nitrogens with one attached hydrogen (secondary N) is 1. The number of thiocarbonyl (C=S) groups is 1. The van der Waals surface area contributed by atoms with Crippen LogP contribution in [0.3, 0.4) is 0 Å². The maximum atomic E-state index is 11.8. The van der Waals surface area contributed by atoms with Crippen LogP contribution in [-0.2, 0) is 4.79 Å². The molecule has 0 saturated carbocycles. The third-order valence-electron chi connectivity index (χ3n) is 2.64. The van der Waals surface area contributed by atoms with E-state index in [1.54, 1.807) is 0 Å². The molecule has 3 nitrogen and oxygen atoms in total. The molecule has 0 fully saturated rings. The molecule has 4 heteroatoms. The molecule has 0 aromatic rings. The van der Waals surface area contributed by atoms with Gasteiger partial charge in [-0.15, -0.1) is 0 Å². The van der Waals surface area contributed by atoms with Gasteiger partial charge in [0.2, 0.25) is 5.91 Å². The summed E-state index contributed by atoms with van der Waals surface area (Å²) in [6.45, 7) is 8.17. The minimum Gasteiger partial charge on any atom is -0.393 e. The van der Waals surface area contributed by atoms with Crippen LogP contribution in [0.25, 0.3) is 0 Å².